The van der Waals surface area contributed by atoms with Gasteiger partial charge in [-0.2, -0.15) is 0 Å². The van der Waals surface area contributed by atoms with Crippen molar-refractivity contribution in [3.63, 3.8) is 0 Å². The van der Waals surface area contributed by atoms with E-state index in [0.717, 1.165) is 6.42 Å². The molecule has 0 fully saturated rings. The van der Waals surface area contributed by atoms with Crippen LogP contribution in [0.4, 0.5) is 0 Å². The predicted molar refractivity (Wildman–Crippen MR) is 118 cm³/mol. The monoisotopic (exact) mass is 498 g/mol. The molecule has 0 bridgehead atoms. The Balaban J connectivity index is 0.00000131. The normalized spacial score (nSPS) is 15.4. The zero-order chi connectivity index (χ0) is 17.5. The summed E-state index contributed by atoms with van der Waals surface area (Å²) in [5.41, 5.74) is 5.49. The van der Waals surface area contributed by atoms with Crippen LogP contribution in [0.25, 0.3) is 11.1 Å². The van der Waals surface area contributed by atoms with E-state index in [-0.39, 0.29) is 31.4 Å². The van der Waals surface area contributed by atoms with Gasteiger partial charge >= 0.3 is 153 Å². The number of halogens is 2. The first-order valence-electron chi connectivity index (χ1n) is 8.90. The van der Waals surface area contributed by atoms with Gasteiger partial charge < -0.3 is 0 Å². The fourth-order valence-corrected chi connectivity index (χ4v) is 21.2. The fraction of sp³-hybridized carbons (Fsp3) is 0.238. The molecule has 0 saturated heterocycles. The van der Waals surface area contributed by atoms with Gasteiger partial charge in [-0.25, -0.2) is 0 Å². The summed E-state index contributed by atoms with van der Waals surface area (Å²) < 4.78 is 10.9. The molecule has 6 heteroatoms. The predicted octanol–water partition coefficient (Wildman–Crippen LogP) is 4.65. The second kappa shape index (κ2) is 8.49. The van der Waals surface area contributed by atoms with E-state index in [9.17, 15) is 5.11 Å². The van der Waals surface area contributed by atoms with Gasteiger partial charge in [0, 0.05) is 0 Å². The van der Waals surface area contributed by atoms with E-state index in [1.807, 2.05) is 0 Å². The van der Waals surface area contributed by atoms with Crippen molar-refractivity contribution in [2.45, 2.75) is 14.7 Å². The topological polar surface area (TPSA) is 29.5 Å². The molecule has 27 heavy (non-hydrogen) atoms. The molecule has 0 amide bonds. The van der Waals surface area contributed by atoms with Gasteiger partial charge in [-0.15, -0.1) is 24.8 Å². The van der Waals surface area contributed by atoms with Crippen molar-refractivity contribution in [2.24, 2.45) is 0 Å². The molecule has 0 atom stereocenters. The number of hydrogen-bond acceptors (Lipinski definition) is 2. The second-order valence-corrected chi connectivity index (χ2v) is 31.4. The summed E-state index contributed by atoms with van der Waals surface area (Å²) in [6.07, 6.45) is 7.65. The van der Waals surface area contributed by atoms with Crippen LogP contribution in [0, 0.1) is 0 Å². The Morgan fingerprint density at radius 3 is 2.07 bits per heavy atom. The van der Waals surface area contributed by atoms with Gasteiger partial charge in [0.05, 0.1) is 0 Å². The first-order valence-corrected chi connectivity index (χ1v) is 20.9. The van der Waals surface area contributed by atoms with Crippen molar-refractivity contribution in [1.29, 1.82) is 0 Å². The molecule has 144 valence electrons. The summed E-state index contributed by atoms with van der Waals surface area (Å²) in [4.78, 5) is 0. The molecule has 4 rings (SSSR count). The van der Waals surface area contributed by atoms with E-state index in [1.54, 1.807) is 0 Å². The first-order chi connectivity index (χ1) is 12.1. The van der Waals surface area contributed by atoms with Crippen LogP contribution >= 0.6 is 24.8 Å². The average Bonchev–Trinajstić information content (AvgIpc) is 3.27. The van der Waals surface area contributed by atoms with Crippen molar-refractivity contribution >= 4 is 31.7 Å². The van der Waals surface area contributed by atoms with Gasteiger partial charge in [0.25, 0.3) is 0 Å². The molecule has 0 aliphatic heterocycles. The van der Waals surface area contributed by atoms with E-state index >= 15 is 0 Å². The van der Waals surface area contributed by atoms with E-state index in [1.165, 1.54) is 25.5 Å². The molecular formula is C21H26Cl2O2SiZr. The third kappa shape index (κ3) is 3.61. The summed E-state index contributed by atoms with van der Waals surface area (Å²) in [6, 6.07) is 17.6. The third-order valence-corrected chi connectivity index (χ3v) is 25.0. The summed E-state index contributed by atoms with van der Waals surface area (Å²) in [6.45, 7) is 2.62. The van der Waals surface area contributed by atoms with Crippen molar-refractivity contribution in [3.8, 4) is 11.1 Å². The maximum atomic E-state index is 9.50. The van der Waals surface area contributed by atoms with Crippen LogP contribution in [0.5, 0.6) is 0 Å². The van der Waals surface area contributed by atoms with Crippen molar-refractivity contribution in [3.05, 3.63) is 81.2 Å². The van der Waals surface area contributed by atoms with Crippen LogP contribution in [-0.4, -0.2) is 25.2 Å². The minimum absolute atomic E-state index is 0. The van der Waals surface area contributed by atoms with Crippen LogP contribution in [0.3, 0.4) is 0 Å². The number of rotatable bonds is 5. The molecule has 0 spiro atoms. The summed E-state index contributed by atoms with van der Waals surface area (Å²) >= 11 is -3.85. The van der Waals surface area contributed by atoms with E-state index in [0.29, 0.717) is 10.2 Å². The Morgan fingerprint density at radius 2 is 1.59 bits per heavy atom. The quantitative estimate of drug-likeness (QED) is 0.606. The molecule has 1 N–H and O–H groups in total. The SMILES string of the molecule is Cl.Cl.[CH3][Zr](=[SiH2])([O]CCO)([C]1=CC=CC1)[CH]1c2ccccc2-c2ccccc21. The number of aliphatic hydroxyl groups excluding tert-OH is 1. The summed E-state index contributed by atoms with van der Waals surface area (Å²) in [7, 11) is 0. The van der Waals surface area contributed by atoms with E-state index < -0.39 is 17.8 Å². The Hall–Kier alpha value is -0.480. The summed E-state index contributed by atoms with van der Waals surface area (Å²) in [5, 5.41) is 9.50. The van der Waals surface area contributed by atoms with Gasteiger partial charge in [0.1, 0.15) is 0 Å². The van der Waals surface area contributed by atoms with Crippen LogP contribution in [-0.2, 0) is 20.7 Å². The van der Waals surface area contributed by atoms with E-state index in [4.69, 9.17) is 2.81 Å². The number of aliphatic hydroxyl groups is 1. The second-order valence-electron chi connectivity index (χ2n) is 7.49. The standard InChI is InChI=1S/C13H9.C5H5.C2H5O2.CH3.2ClH.H2Si.Zr/c1-3-7-12-10(5-1)9-11-6-2-4-8-13(11)12;1-2-4-5-3-1;3-1-2-4;;;;;/h1-9H;1-3H,4H2;3H,1-2H2;1H3;2*1H;1H2;/q;;-1;;;;;+1. The number of fused-ring (bicyclic) bond motifs is 3. The molecule has 0 aromatic heterocycles. The zero-order valence-corrected chi connectivity index (χ0v) is 20.9. The molecule has 2 aromatic carbocycles. The molecule has 2 aromatic rings. The van der Waals surface area contributed by atoms with E-state index in [2.05, 4.69) is 78.3 Å². The molecule has 2 aliphatic rings. The van der Waals surface area contributed by atoms with Gasteiger partial charge in [-0.1, -0.05) is 0 Å². The van der Waals surface area contributed by atoms with Crippen LogP contribution in [0.1, 0.15) is 21.2 Å². The molecule has 0 saturated carbocycles. The number of allylic oxidation sites excluding steroid dienone is 4. The average molecular weight is 501 g/mol. The first kappa shape index (κ1) is 22.8. The Bertz CT molecular complexity index is 925. The van der Waals surface area contributed by atoms with Gasteiger partial charge in [-0.3, -0.25) is 0 Å². The van der Waals surface area contributed by atoms with Crippen molar-refractivity contribution in [1.82, 2.24) is 0 Å². The number of benzene rings is 2. The molecule has 2 aliphatic carbocycles. The molecule has 0 radical (unpaired) electrons. The molecule has 0 heterocycles. The van der Waals surface area contributed by atoms with Crippen molar-refractivity contribution < 1.29 is 25.8 Å². The molecule has 0 unspecified atom stereocenters. The van der Waals surface area contributed by atoms with Gasteiger partial charge in [-0.05, 0) is 0 Å². The number of hydrogen-bond donors (Lipinski definition) is 1. The Morgan fingerprint density at radius 1 is 1.04 bits per heavy atom. The van der Waals surface area contributed by atoms with Gasteiger partial charge in [0.2, 0.25) is 0 Å². The van der Waals surface area contributed by atoms with Gasteiger partial charge in [0.15, 0.2) is 0 Å². The van der Waals surface area contributed by atoms with Crippen LogP contribution < -0.4 is 0 Å². The molecule has 2 nitrogen and oxygen atoms in total. The fourth-order valence-electron chi connectivity index (χ4n) is 4.61. The van der Waals surface area contributed by atoms with Crippen LogP contribution in [0.15, 0.2) is 70.0 Å². The summed E-state index contributed by atoms with van der Waals surface area (Å²) in [5.74, 6) is 0. The third-order valence-electron chi connectivity index (χ3n) is 5.82. The van der Waals surface area contributed by atoms with Crippen LogP contribution in [0.2, 0.25) is 4.63 Å². The zero-order valence-electron chi connectivity index (χ0n) is 15.4. The maximum absolute atomic E-state index is 9.50. The minimum atomic E-state index is -3.85. The van der Waals surface area contributed by atoms with Crippen molar-refractivity contribution in [2.75, 3.05) is 13.2 Å². The Kier molecular flexibility index (Phi) is 7.17. The molecular weight excluding hydrogens is 474 g/mol. The Labute approximate surface area is 176 Å².